The van der Waals surface area contributed by atoms with Gasteiger partial charge in [-0.1, -0.05) is 30.3 Å². The average molecular weight is 302 g/mol. The number of hydrogen-bond acceptors (Lipinski definition) is 4. The second-order valence-electron chi connectivity index (χ2n) is 4.67. The molecule has 21 heavy (non-hydrogen) atoms. The maximum absolute atomic E-state index is 12.3. The van der Waals surface area contributed by atoms with Crippen LogP contribution in [-0.2, 0) is 16.6 Å². The van der Waals surface area contributed by atoms with Gasteiger partial charge < -0.3 is 4.42 Å². The van der Waals surface area contributed by atoms with Gasteiger partial charge in [0.15, 0.2) is 11.5 Å². The van der Waals surface area contributed by atoms with Crippen LogP contribution >= 0.6 is 0 Å². The lowest BCUT2D eigenvalue weighted by molar-refractivity contribution is 0.561. The summed E-state index contributed by atoms with van der Waals surface area (Å²) in [4.78, 5) is 4.33. The Kier molecular flexibility index (Phi) is 3.48. The Morgan fingerprint density at radius 2 is 1.90 bits per heavy atom. The van der Waals surface area contributed by atoms with E-state index >= 15 is 0 Å². The highest BCUT2D eigenvalue weighted by molar-refractivity contribution is 7.89. The molecular formula is C15H14N2O3S. The molecule has 3 rings (SSSR count). The predicted octanol–water partition coefficient (Wildman–Crippen LogP) is 2.61. The molecular weight excluding hydrogens is 288 g/mol. The molecule has 6 heteroatoms. The molecule has 2 aromatic carbocycles. The van der Waals surface area contributed by atoms with Gasteiger partial charge in [0.25, 0.3) is 0 Å². The molecule has 0 atom stereocenters. The van der Waals surface area contributed by atoms with Crippen molar-refractivity contribution in [3.05, 3.63) is 60.0 Å². The summed E-state index contributed by atoms with van der Waals surface area (Å²) in [7, 11) is -3.57. The van der Waals surface area contributed by atoms with Gasteiger partial charge in [-0.2, -0.15) is 0 Å². The summed E-state index contributed by atoms with van der Waals surface area (Å²) < 4.78 is 32.5. The Morgan fingerprint density at radius 1 is 1.14 bits per heavy atom. The minimum atomic E-state index is -3.57. The largest absolute Gasteiger partial charge is 0.441 e. The molecule has 0 saturated carbocycles. The zero-order chi connectivity index (χ0) is 14.9. The van der Waals surface area contributed by atoms with Crippen LogP contribution in [0.4, 0.5) is 0 Å². The second kappa shape index (κ2) is 5.31. The average Bonchev–Trinajstić information content (AvgIpc) is 2.85. The number of aryl methyl sites for hydroxylation is 1. The van der Waals surface area contributed by atoms with Gasteiger partial charge in [-0.3, -0.25) is 0 Å². The number of oxazole rings is 1. The van der Waals surface area contributed by atoms with E-state index < -0.39 is 10.0 Å². The minimum Gasteiger partial charge on any atom is -0.441 e. The molecule has 0 spiro atoms. The summed E-state index contributed by atoms with van der Waals surface area (Å²) in [5.74, 6) is 0.511. The molecule has 108 valence electrons. The highest BCUT2D eigenvalue weighted by atomic mass is 32.2. The SMILES string of the molecule is Cc1nc2cc(S(=O)(=O)NCc3ccccc3)ccc2o1. The summed E-state index contributed by atoms with van der Waals surface area (Å²) in [5, 5.41) is 0. The molecule has 1 N–H and O–H groups in total. The Labute approximate surface area is 122 Å². The van der Waals surface area contributed by atoms with Crippen molar-refractivity contribution in [2.75, 3.05) is 0 Å². The Bertz CT molecular complexity index is 870. The minimum absolute atomic E-state index is 0.180. The van der Waals surface area contributed by atoms with Crippen LogP contribution in [0.5, 0.6) is 0 Å². The number of hydrogen-bond donors (Lipinski definition) is 1. The van der Waals surface area contributed by atoms with Crippen LogP contribution in [0, 0.1) is 6.92 Å². The van der Waals surface area contributed by atoms with E-state index in [0.29, 0.717) is 17.0 Å². The van der Waals surface area contributed by atoms with E-state index in [9.17, 15) is 8.42 Å². The smallest absolute Gasteiger partial charge is 0.240 e. The lowest BCUT2D eigenvalue weighted by Gasteiger charge is -2.06. The van der Waals surface area contributed by atoms with Gasteiger partial charge in [0.2, 0.25) is 10.0 Å². The number of aromatic nitrogens is 1. The summed E-state index contributed by atoms with van der Waals surface area (Å²) in [6.07, 6.45) is 0. The van der Waals surface area contributed by atoms with Crippen LogP contribution in [-0.4, -0.2) is 13.4 Å². The molecule has 0 saturated heterocycles. The first-order valence-corrected chi connectivity index (χ1v) is 7.94. The van der Waals surface area contributed by atoms with Crippen molar-refractivity contribution in [1.29, 1.82) is 0 Å². The fourth-order valence-corrected chi connectivity index (χ4v) is 3.08. The zero-order valence-electron chi connectivity index (χ0n) is 11.4. The van der Waals surface area contributed by atoms with Crippen molar-refractivity contribution in [2.45, 2.75) is 18.4 Å². The number of rotatable bonds is 4. The Balaban J connectivity index is 1.85. The quantitative estimate of drug-likeness (QED) is 0.804. The first kappa shape index (κ1) is 13.8. The second-order valence-corrected chi connectivity index (χ2v) is 6.44. The molecule has 0 aliphatic heterocycles. The molecule has 3 aromatic rings. The molecule has 0 unspecified atom stereocenters. The lowest BCUT2D eigenvalue weighted by Crippen LogP contribution is -2.23. The number of benzene rings is 2. The maximum Gasteiger partial charge on any atom is 0.240 e. The van der Waals surface area contributed by atoms with Gasteiger partial charge in [0.05, 0.1) is 4.90 Å². The number of nitrogens with one attached hydrogen (secondary N) is 1. The Hall–Kier alpha value is -2.18. The van der Waals surface area contributed by atoms with Gasteiger partial charge in [-0.05, 0) is 23.8 Å². The van der Waals surface area contributed by atoms with Crippen LogP contribution < -0.4 is 4.72 Å². The molecule has 1 heterocycles. The van der Waals surface area contributed by atoms with Gasteiger partial charge >= 0.3 is 0 Å². The zero-order valence-corrected chi connectivity index (χ0v) is 12.2. The topological polar surface area (TPSA) is 72.2 Å². The highest BCUT2D eigenvalue weighted by Gasteiger charge is 2.15. The summed E-state index contributed by atoms with van der Waals surface area (Å²) in [6.45, 7) is 1.97. The van der Waals surface area contributed by atoms with Crippen LogP contribution in [0.2, 0.25) is 0 Å². The highest BCUT2D eigenvalue weighted by Crippen LogP contribution is 2.19. The summed E-state index contributed by atoms with van der Waals surface area (Å²) in [6, 6.07) is 14.0. The first-order valence-electron chi connectivity index (χ1n) is 6.45. The van der Waals surface area contributed by atoms with E-state index in [0.717, 1.165) is 5.56 Å². The van der Waals surface area contributed by atoms with Crippen molar-refractivity contribution in [1.82, 2.24) is 9.71 Å². The van der Waals surface area contributed by atoms with Gasteiger partial charge in [0, 0.05) is 13.5 Å². The maximum atomic E-state index is 12.3. The molecule has 0 fully saturated rings. The predicted molar refractivity (Wildman–Crippen MR) is 79.2 cm³/mol. The molecule has 5 nitrogen and oxygen atoms in total. The number of fused-ring (bicyclic) bond motifs is 1. The molecule has 0 aliphatic rings. The monoisotopic (exact) mass is 302 g/mol. The molecule has 0 aliphatic carbocycles. The fraction of sp³-hybridized carbons (Fsp3) is 0.133. The number of sulfonamides is 1. The standard InChI is InChI=1S/C15H14N2O3S/c1-11-17-14-9-13(7-8-15(14)20-11)21(18,19)16-10-12-5-3-2-4-6-12/h2-9,16H,10H2,1H3. The van der Waals surface area contributed by atoms with Crippen LogP contribution in [0.3, 0.4) is 0 Å². The Morgan fingerprint density at radius 3 is 2.67 bits per heavy atom. The lowest BCUT2D eigenvalue weighted by atomic mass is 10.2. The van der Waals surface area contributed by atoms with Crippen LogP contribution in [0.1, 0.15) is 11.5 Å². The fourth-order valence-electron chi connectivity index (χ4n) is 2.05. The van der Waals surface area contributed by atoms with E-state index in [1.807, 2.05) is 30.3 Å². The third-order valence-corrected chi connectivity index (χ3v) is 4.48. The van der Waals surface area contributed by atoms with Gasteiger partial charge in [-0.15, -0.1) is 0 Å². The van der Waals surface area contributed by atoms with Gasteiger partial charge in [0.1, 0.15) is 5.52 Å². The third kappa shape index (κ3) is 2.96. The van der Waals surface area contributed by atoms with Crippen molar-refractivity contribution in [3.63, 3.8) is 0 Å². The van der Waals surface area contributed by atoms with Crippen LogP contribution in [0.25, 0.3) is 11.1 Å². The van der Waals surface area contributed by atoms with Crippen molar-refractivity contribution in [3.8, 4) is 0 Å². The van der Waals surface area contributed by atoms with E-state index in [1.165, 1.54) is 12.1 Å². The van der Waals surface area contributed by atoms with E-state index in [4.69, 9.17) is 4.42 Å². The van der Waals surface area contributed by atoms with Crippen molar-refractivity contribution < 1.29 is 12.8 Å². The summed E-state index contributed by atoms with van der Waals surface area (Å²) in [5.41, 5.74) is 2.02. The molecule has 0 radical (unpaired) electrons. The first-order chi connectivity index (χ1) is 10.0. The number of nitrogens with zero attached hydrogens (tertiary/aromatic N) is 1. The van der Waals surface area contributed by atoms with Crippen LogP contribution in [0.15, 0.2) is 57.8 Å². The summed E-state index contributed by atoms with van der Waals surface area (Å²) >= 11 is 0. The third-order valence-electron chi connectivity index (χ3n) is 3.09. The van der Waals surface area contributed by atoms with E-state index in [1.54, 1.807) is 13.0 Å². The van der Waals surface area contributed by atoms with Gasteiger partial charge in [-0.25, -0.2) is 18.1 Å². The molecule has 1 aromatic heterocycles. The van der Waals surface area contributed by atoms with Crippen molar-refractivity contribution in [2.24, 2.45) is 0 Å². The van der Waals surface area contributed by atoms with Crippen molar-refractivity contribution >= 4 is 21.1 Å². The normalized spacial score (nSPS) is 11.9. The molecule has 0 amide bonds. The van der Waals surface area contributed by atoms with E-state index in [2.05, 4.69) is 9.71 Å². The molecule has 0 bridgehead atoms. The van der Waals surface area contributed by atoms with E-state index in [-0.39, 0.29) is 11.4 Å².